The fourth-order valence-corrected chi connectivity index (χ4v) is 2.00. The van der Waals surface area contributed by atoms with Gasteiger partial charge in [-0.15, -0.1) is 0 Å². The number of benzene rings is 1. The molecular weight excluding hydrogens is 260 g/mol. The molecule has 0 saturated carbocycles. The Bertz CT molecular complexity index is 666. The third kappa shape index (κ3) is 3.03. The van der Waals surface area contributed by atoms with E-state index in [1.807, 2.05) is 6.07 Å². The predicted octanol–water partition coefficient (Wildman–Crippen LogP) is 1.28. The van der Waals surface area contributed by atoms with Crippen LogP contribution in [-0.2, 0) is 16.1 Å². The average molecular weight is 276 g/mol. The summed E-state index contributed by atoms with van der Waals surface area (Å²) < 4.78 is 6.53. The summed E-state index contributed by atoms with van der Waals surface area (Å²) in [5, 5.41) is 9.52. The van der Waals surface area contributed by atoms with E-state index < -0.39 is 12.1 Å². The van der Waals surface area contributed by atoms with Gasteiger partial charge in [0.2, 0.25) is 0 Å². The van der Waals surface area contributed by atoms with Gasteiger partial charge in [-0.2, -0.15) is 0 Å². The molecule has 106 valence electrons. The smallest absolute Gasteiger partial charge is 0.332 e. The molecule has 0 aliphatic rings. The molecule has 1 aromatic carbocycles. The van der Waals surface area contributed by atoms with Crippen LogP contribution in [0.5, 0.6) is 0 Å². The maximum Gasteiger partial charge on any atom is 0.332 e. The van der Waals surface area contributed by atoms with Crippen molar-refractivity contribution in [3.05, 3.63) is 40.9 Å². The number of carboxylic acids is 1. The Labute approximate surface area is 115 Å². The Morgan fingerprint density at radius 2 is 2.20 bits per heavy atom. The van der Waals surface area contributed by atoms with Crippen LogP contribution in [0.3, 0.4) is 0 Å². The molecule has 1 heterocycles. The molecular formula is C14H16N2O4. The van der Waals surface area contributed by atoms with Crippen molar-refractivity contribution in [2.24, 2.45) is 0 Å². The van der Waals surface area contributed by atoms with Crippen LogP contribution in [0.1, 0.15) is 13.3 Å². The van der Waals surface area contributed by atoms with Crippen molar-refractivity contribution in [2.75, 3.05) is 6.61 Å². The molecule has 2 aromatic rings. The molecule has 0 amide bonds. The molecule has 0 radical (unpaired) electrons. The first kappa shape index (κ1) is 14.2. The Hall–Kier alpha value is -2.21. The molecule has 0 bridgehead atoms. The highest BCUT2D eigenvalue weighted by molar-refractivity contribution is 5.76. The van der Waals surface area contributed by atoms with Gasteiger partial charge in [-0.25, -0.2) is 9.78 Å². The number of ether oxygens (including phenoxy) is 1. The number of aliphatic carboxylic acids is 1. The number of hydrogen-bond acceptors (Lipinski definition) is 4. The minimum absolute atomic E-state index is 0.170. The fourth-order valence-electron chi connectivity index (χ4n) is 2.00. The van der Waals surface area contributed by atoms with E-state index in [-0.39, 0.29) is 18.5 Å². The summed E-state index contributed by atoms with van der Waals surface area (Å²) in [5.74, 6) is -1.02. The summed E-state index contributed by atoms with van der Waals surface area (Å²) in [6.45, 7) is 2.31. The second kappa shape index (κ2) is 6.29. The quantitative estimate of drug-likeness (QED) is 0.859. The van der Waals surface area contributed by atoms with Crippen molar-refractivity contribution in [2.45, 2.75) is 26.0 Å². The molecule has 0 saturated heterocycles. The topological polar surface area (TPSA) is 81.4 Å². The molecule has 6 nitrogen and oxygen atoms in total. The van der Waals surface area contributed by atoms with E-state index in [4.69, 9.17) is 9.84 Å². The molecule has 0 spiro atoms. The number of rotatable bonds is 6. The Morgan fingerprint density at radius 1 is 1.45 bits per heavy atom. The molecule has 0 aliphatic heterocycles. The van der Waals surface area contributed by atoms with Crippen molar-refractivity contribution < 1.29 is 14.6 Å². The Kier molecular flexibility index (Phi) is 4.47. The van der Waals surface area contributed by atoms with Gasteiger partial charge in [-0.3, -0.25) is 9.36 Å². The zero-order chi connectivity index (χ0) is 14.5. The molecule has 1 atom stereocenters. The van der Waals surface area contributed by atoms with Crippen LogP contribution in [-0.4, -0.2) is 33.3 Å². The van der Waals surface area contributed by atoms with Crippen LogP contribution >= 0.6 is 0 Å². The summed E-state index contributed by atoms with van der Waals surface area (Å²) >= 11 is 0. The van der Waals surface area contributed by atoms with E-state index in [0.717, 1.165) is 0 Å². The number of carbonyl (C=O) groups is 1. The predicted molar refractivity (Wildman–Crippen MR) is 73.7 cm³/mol. The first-order valence-corrected chi connectivity index (χ1v) is 6.42. The van der Waals surface area contributed by atoms with E-state index >= 15 is 0 Å². The molecule has 1 N–H and O–H groups in total. The number of aryl methyl sites for hydroxylation is 1. The molecule has 6 heteroatoms. The third-order valence-electron chi connectivity index (χ3n) is 3.01. The molecule has 1 unspecified atom stereocenters. The highest BCUT2D eigenvalue weighted by Gasteiger charge is 2.17. The zero-order valence-corrected chi connectivity index (χ0v) is 11.2. The minimum atomic E-state index is -1.02. The number of hydrogen-bond donors (Lipinski definition) is 1. The van der Waals surface area contributed by atoms with Gasteiger partial charge in [0, 0.05) is 19.6 Å². The highest BCUT2D eigenvalue weighted by Crippen LogP contribution is 2.06. The SMILES string of the molecule is CCOC(CCn1cnc2ccccc2c1=O)C(=O)O. The fraction of sp³-hybridized carbons (Fsp3) is 0.357. The molecule has 0 aliphatic carbocycles. The summed E-state index contributed by atoms with van der Waals surface area (Å²) in [4.78, 5) is 27.4. The van der Waals surface area contributed by atoms with E-state index in [1.165, 1.54) is 10.9 Å². The van der Waals surface area contributed by atoms with E-state index in [9.17, 15) is 9.59 Å². The number of para-hydroxylation sites is 1. The molecule has 0 fully saturated rings. The van der Waals surface area contributed by atoms with Gasteiger partial charge in [0.25, 0.3) is 5.56 Å². The van der Waals surface area contributed by atoms with Crippen LogP contribution in [0.2, 0.25) is 0 Å². The van der Waals surface area contributed by atoms with Crippen molar-refractivity contribution in [1.29, 1.82) is 0 Å². The van der Waals surface area contributed by atoms with Gasteiger partial charge in [-0.1, -0.05) is 12.1 Å². The number of aromatic nitrogens is 2. The molecule has 2 rings (SSSR count). The van der Waals surface area contributed by atoms with Crippen molar-refractivity contribution >= 4 is 16.9 Å². The summed E-state index contributed by atoms with van der Waals surface area (Å²) in [5.41, 5.74) is 0.463. The van der Waals surface area contributed by atoms with Gasteiger partial charge in [0.1, 0.15) is 0 Å². The van der Waals surface area contributed by atoms with E-state index in [0.29, 0.717) is 17.5 Å². The lowest BCUT2D eigenvalue weighted by Gasteiger charge is -2.13. The number of nitrogens with zero attached hydrogens (tertiary/aromatic N) is 2. The van der Waals surface area contributed by atoms with Crippen LogP contribution < -0.4 is 5.56 Å². The lowest BCUT2D eigenvalue weighted by molar-refractivity contribution is -0.150. The van der Waals surface area contributed by atoms with E-state index in [2.05, 4.69) is 4.98 Å². The van der Waals surface area contributed by atoms with Gasteiger partial charge in [-0.05, 0) is 19.1 Å². The summed E-state index contributed by atoms with van der Waals surface area (Å²) in [6.07, 6.45) is 0.761. The Balaban J connectivity index is 2.20. The summed E-state index contributed by atoms with van der Waals surface area (Å²) in [7, 11) is 0. The standard InChI is InChI=1S/C14H16N2O4/c1-2-20-12(14(18)19)7-8-16-9-15-11-6-4-3-5-10(11)13(16)17/h3-6,9,12H,2,7-8H2,1H3,(H,18,19). The third-order valence-corrected chi connectivity index (χ3v) is 3.01. The molecule has 1 aromatic heterocycles. The first-order chi connectivity index (χ1) is 9.63. The Morgan fingerprint density at radius 3 is 2.90 bits per heavy atom. The second-order valence-electron chi connectivity index (χ2n) is 4.33. The van der Waals surface area contributed by atoms with Crippen molar-refractivity contribution in [1.82, 2.24) is 9.55 Å². The lowest BCUT2D eigenvalue weighted by Crippen LogP contribution is -2.28. The highest BCUT2D eigenvalue weighted by atomic mass is 16.5. The minimum Gasteiger partial charge on any atom is -0.479 e. The van der Waals surface area contributed by atoms with Gasteiger partial charge in [0.05, 0.1) is 17.2 Å². The van der Waals surface area contributed by atoms with Crippen LogP contribution in [0.25, 0.3) is 10.9 Å². The maximum atomic E-state index is 12.2. The van der Waals surface area contributed by atoms with Crippen LogP contribution in [0.15, 0.2) is 35.4 Å². The average Bonchev–Trinajstić information content (AvgIpc) is 2.45. The largest absolute Gasteiger partial charge is 0.479 e. The summed E-state index contributed by atoms with van der Waals surface area (Å²) in [6, 6.07) is 7.06. The zero-order valence-electron chi connectivity index (χ0n) is 11.2. The number of fused-ring (bicyclic) bond motifs is 1. The number of carboxylic acid groups (broad SMARTS) is 1. The first-order valence-electron chi connectivity index (χ1n) is 6.42. The van der Waals surface area contributed by atoms with Crippen molar-refractivity contribution in [3.8, 4) is 0 Å². The normalized spacial score (nSPS) is 12.4. The van der Waals surface area contributed by atoms with E-state index in [1.54, 1.807) is 25.1 Å². The second-order valence-corrected chi connectivity index (χ2v) is 4.33. The monoisotopic (exact) mass is 276 g/mol. The van der Waals surface area contributed by atoms with Gasteiger partial charge >= 0.3 is 5.97 Å². The van der Waals surface area contributed by atoms with Gasteiger partial charge in [0.15, 0.2) is 6.10 Å². The lowest BCUT2D eigenvalue weighted by atomic mass is 10.2. The van der Waals surface area contributed by atoms with Crippen LogP contribution in [0.4, 0.5) is 0 Å². The van der Waals surface area contributed by atoms with Crippen LogP contribution in [0, 0.1) is 0 Å². The maximum absolute atomic E-state index is 12.2. The molecule has 20 heavy (non-hydrogen) atoms. The van der Waals surface area contributed by atoms with Crippen molar-refractivity contribution in [3.63, 3.8) is 0 Å². The van der Waals surface area contributed by atoms with Gasteiger partial charge < -0.3 is 9.84 Å².